The highest BCUT2D eigenvalue weighted by molar-refractivity contribution is 6.56. The summed E-state index contributed by atoms with van der Waals surface area (Å²) in [5.74, 6) is 0.368. The molecule has 0 spiro atoms. The molecule has 0 unspecified atom stereocenters. The molecule has 0 atom stereocenters. The van der Waals surface area contributed by atoms with Gasteiger partial charge in [0.2, 0.25) is 5.88 Å². The Labute approximate surface area is 152 Å². The normalized spacial score (nSPS) is 10.4. The lowest BCUT2D eigenvalue weighted by atomic mass is 10.0. The van der Waals surface area contributed by atoms with Crippen LogP contribution >= 0.6 is 58.0 Å². The van der Waals surface area contributed by atoms with Crippen molar-refractivity contribution in [2.75, 3.05) is 7.11 Å². The molecule has 0 N–H and O–H groups in total. The fourth-order valence-electron chi connectivity index (χ4n) is 1.87. The summed E-state index contributed by atoms with van der Waals surface area (Å²) in [4.78, 5) is 4.24. The fraction of sp³-hybridized carbons (Fsp3) is 0.143. The Balaban J connectivity index is 2.80. The average Bonchev–Trinajstić information content (AvgIpc) is 2.52. The predicted molar refractivity (Wildman–Crippen MR) is 90.6 cm³/mol. The van der Waals surface area contributed by atoms with Crippen LogP contribution in [0.2, 0.25) is 25.1 Å². The molecule has 0 aliphatic rings. The number of halogens is 5. The molecule has 0 aliphatic heterocycles. The highest BCUT2D eigenvalue weighted by Gasteiger charge is 2.22. The van der Waals surface area contributed by atoms with Crippen molar-refractivity contribution in [2.24, 2.45) is 0 Å². The predicted octanol–water partition coefficient (Wildman–Crippen LogP) is 6.09. The van der Waals surface area contributed by atoms with Gasteiger partial charge < -0.3 is 4.74 Å². The van der Waals surface area contributed by atoms with Gasteiger partial charge in [0.1, 0.15) is 0 Å². The Morgan fingerprint density at radius 1 is 1.00 bits per heavy atom. The largest absolute Gasteiger partial charge is 0.481 e. The van der Waals surface area contributed by atoms with Gasteiger partial charge in [0.15, 0.2) is 0 Å². The number of nitrogens with zero attached hydrogens (tertiary/aromatic N) is 2. The molecule has 3 nitrogen and oxygen atoms in total. The van der Waals surface area contributed by atoms with Gasteiger partial charge in [-0.25, -0.2) is 4.98 Å². The zero-order chi connectivity index (χ0) is 16.4. The van der Waals surface area contributed by atoms with E-state index in [1.807, 2.05) is 6.07 Å². The van der Waals surface area contributed by atoms with Crippen LogP contribution < -0.4 is 4.74 Å². The lowest BCUT2D eigenvalue weighted by Gasteiger charge is -2.15. The quantitative estimate of drug-likeness (QED) is 0.466. The molecule has 22 heavy (non-hydrogen) atoms. The third-order valence-electron chi connectivity index (χ3n) is 2.88. The lowest BCUT2D eigenvalue weighted by Crippen LogP contribution is -1.98. The molecule has 0 amide bonds. The Kier molecular flexibility index (Phi) is 5.65. The lowest BCUT2D eigenvalue weighted by molar-refractivity contribution is 0.397. The van der Waals surface area contributed by atoms with Gasteiger partial charge in [-0.3, -0.25) is 0 Å². The minimum Gasteiger partial charge on any atom is -0.481 e. The maximum Gasteiger partial charge on any atom is 0.213 e. The Morgan fingerprint density at radius 2 is 1.55 bits per heavy atom. The summed E-state index contributed by atoms with van der Waals surface area (Å²) in [6, 6.07) is 5.34. The van der Waals surface area contributed by atoms with Crippen molar-refractivity contribution in [1.29, 1.82) is 5.26 Å². The summed E-state index contributed by atoms with van der Waals surface area (Å²) in [6.07, 6.45) is 0.0387. The van der Waals surface area contributed by atoms with Crippen molar-refractivity contribution < 1.29 is 4.74 Å². The summed E-state index contributed by atoms with van der Waals surface area (Å²) >= 11 is 30.6. The van der Waals surface area contributed by atoms with Crippen LogP contribution in [0.1, 0.15) is 5.69 Å². The monoisotopic (exact) mass is 394 g/mol. The van der Waals surface area contributed by atoms with Crippen molar-refractivity contribution >= 4 is 58.0 Å². The first-order chi connectivity index (χ1) is 10.4. The first-order valence-corrected chi connectivity index (χ1v) is 7.74. The molecule has 0 aliphatic carbocycles. The zero-order valence-corrected chi connectivity index (χ0v) is 14.8. The summed E-state index contributed by atoms with van der Waals surface area (Å²) < 4.78 is 5.06. The molecule has 1 aromatic carbocycles. The van der Waals surface area contributed by atoms with Crippen molar-refractivity contribution in [3.8, 4) is 23.1 Å². The minimum atomic E-state index is 0.0387. The number of nitriles is 1. The third kappa shape index (κ3) is 3.08. The van der Waals surface area contributed by atoms with E-state index < -0.39 is 0 Å². The summed E-state index contributed by atoms with van der Waals surface area (Å²) in [5, 5.41) is 9.52. The van der Waals surface area contributed by atoms with Gasteiger partial charge in [0, 0.05) is 17.2 Å². The number of ether oxygens (including phenoxy) is 1. The number of benzene rings is 1. The maximum absolute atomic E-state index is 8.98. The van der Waals surface area contributed by atoms with Gasteiger partial charge in [-0.1, -0.05) is 58.0 Å². The van der Waals surface area contributed by atoms with Crippen molar-refractivity contribution in [3.05, 3.63) is 42.9 Å². The molecule has 1 heterocycles. The molecular weight excluding hydrogens is 389 g/mol. The zero-order valence-electron chi connectivity index (χ0n) is 11.1. The van der Waals surface area contributed by atoms with E-state index in [9.17, 15) is 0 Å². The summed E-state index contributed by atoms with van der Waals surface area (Å²) in [5.41, 5.74) is 1.36. The van der Waals surface area contributed by atoms with Crippen LogP contribution in [0.5, 0.6) is 5.88 Å². The Hall–Kier alpha value is -0.890. The maximum atomic E-state index is 8.98. The smallest absolute Gasteiger partial charge is 0.213 e. The van der Waals surface area contributed by atoms with E-state index in [1.165, 1.54) is 7.11 Å². The molecule has 1 aromatic heterocycles. The van der Waals surface area contributed by atoms with E-state index in [4.69, 9.17) is 68.0 Å². The van der Waals surface area contributed by atoms with E-state index in [2.05, 4.69) is 4.98 Å². The second kappa shape index (κ2) is 7.12. The average molecular weight is 396 g/mol. The van der Waals surface area contributed by atoms with E-state index in [0.717, 1.165) is 0 Å². The van der Waals surface area contributed by atoms with Gasteiger partial charge in [0.25, 0.3) is 0 Å². The molecular formula is C14H7Cl5N2O. The summed E-state index contributed by atoms with van der Waals surface area (Å²) in [7, 11) is 1.48. The van der Waals surface area contributed by atoms with Gasteiger partial charge in [-0.05, 0) is 6.07 Å². The molecule has 2 aromatic rings. The molecule has 0 fully saturated rings. The highest BCUT2D eigenvalue weighted by atomic mass is 35.5. The van der Waals surface area contributed by atoms with Crippen LogP contribution in [0.25, 0.3) is 11.1 Å². The number of hydrogen-bond acceptors (Lipinski definition) is 3. The van der Waals surface area contributed by atoms with E-state index in [1.54, 1.807) is 12.1 Å². The number of methoxy groups -OCH3 is 1. The second-order valence-corrected chi connectivity index (χ2v) is 6.02. The SMILES string of the molecule is COc1ccc(-c2c(Cl)c(Cl)c(Cl)c(Cl)c2Cl)c(CC#N)n1. The third-order valence-corrected chi connectivity index (χ3v) is 5.16. The van der Waals surface area contributed by atoms with Crippen molar-refractivity contribution in [2.45, 2.75) is 6.42 Å². The number of aromatic nitrogens is 1. The van der Waals surface area contributed by atoms with Crippen LogP contribution in [-0.4, -0.2) is 12.1 Å². The first kappa shape index (κ1) is 17.5. The Bertz CT molecular complexity index is 757. The van der Waals surface area contributed by atoms with Crippen molar-refractivity contribution in [1.82, 2.24) is 4.98 Å². The minimum absolute atomic E-state index is 0.0387. The van der Waals surface area contributed by atoms with Crippen LogP contribution in [0.4, 0.5) is 0 Å². The van der Waals surface area contributed by atoms with Gasteiger partial charge in [-0.15, -0.1) is 0 Å². The standard InChI is InChI=1S/C14H7Cl5N2O/c1-22-8-3-2-6(7(21-8)4-5-20)9-10(15)12(17)14(19)13(18)11(9)16/h2-3H,4H2,1H3. The topological polar surface area (TPSA) is 45.9 Å². The number of rotatable bonds is 3. The van der Waals surface area contributed by atoms with Gasteiger partial charge in [0.05, 0.1) is 50.4 Å². The molecule has 0 saturated heterocycles. The van der Waals surface area contributed by atoms with Crippen LogP contribution in [0, 0.1) is 11.3 Å². The van der Waals surface area contributed by atoms with Gasteiger partial charge in [-0.2, -0.15) is 5.26 Å². The highest BCUT2D eigenvalue weighted by Crippen LogP contribution is 2.48. The van der Waals surface area contributed by atoms with Crippen LogP contribution in [0.15, 0.2) is 12.1 Å². The van der Waals surface area contributed by atoms with Crippen LogP contribution in [-0.2, 0) is 6.42 Å². The molecule has 114 valence electrons. The van der Waals surface area contributed by atoms with E-state index >= 15 is 0 Å². The number of hydrogen-bond donors (Lipinski definition) is 0. The molecule has 0 bridgehead atoms. The van der Waals surface area contributed by atoms with Crippen molar-refractivity contribution in [3.63, 3.8) is 0 Å². The van der Waals surface area contributed by atoms with Gasteiger partial charge >= 0.3 is 0 Å². The number of pyridine rings is 1. The van der Waals surface area contributed by atoms with E-state index in [-0.39, 0.29) is 31.5 Å². The Morgan fingerprint density at radius 3 is 2.05 bits per heavy atom. The molecule has 0 saturated carbocycles. The molecule has 0 radical (unpaired) electrons. The van der Waals surface area contributed by atoms with Crippen LogP contribution in [0.3, 0.4) is 0 Å². The first-order valence-electron chi connectivity index (χ1n) is 5.85. The molecule has 8 heteroatoms. The second-order valence-electron chi connectivity index (χ2n) is 4.13. The fourth-order valence-corrected chi connectivity index (χ4v) is 3.22. The summed E-state index contributed by atoms with van der Waals surface area (Å²) in [6.45, 7) is 0. The molecule has 2 rings (SSSR count). The van der Waals surface area contributed by atoms with E-state index in [0.29, 0.717) is 22.7 Å².